The molecule has 28 heavy (non-hydrogen) atoms. The smallest absolute Gasteiger partial charge is 0.240 e. The second kappa shape index (κ2) is 8.86. The van der Waals surface area contributed by atoms with E-state index in [9.17, 15) is 13.2 Å². The number of sulfonamides is 1. The summed E-state index contributed by atoms with van der Waals surface area (Å²) in [4.78, 5) is 15.3. The van der Waals surface area contributed by atoms with Crippen LogP contribution in [0.4, 0.5) is 5.69 Å². The Hall–Kier alpha value is -2.22. The number of anilines is 1. The first-order valence-electron chi connectivity index (χ1n) is 9.50. The quantitative estimate of drug-likeness (QED) is 0.780. The molecule has 3 rings (SSSR count). The first-order chi connectivity index (χ1) is 13.4. The van der Waals surface area contributed by atoms with Crippen molar-refractivity contribution in [2.45, 2.75) is 31.2 Å². The molecule has 0 saturated carbocycles. The van der Waals surface area contributed by atoms with Gasteiger partial charge in [0.2, 0.25) is 15.9 Å². The lowest BCUT2D eigenvalue weighted by Gasteiger charge is -2.32. The van der Waals surface area contributed by atoms with Gasteiger partial charge in [0.15, 0.2) is 0 Å². The minimum absolute atomic E-state index is 0.0557. The van der Waals surface area contributed by atoms with Crippen LogP contribution in [0.1, 0.15) is 24.0 Å². The van der Waals surface area contributed by atoms with E-state index in [0.717, 1.165) is 31.5 Å². The van der Waals surface area contributed by atoms with Crippen LogP contribution in [-0.2, 0) is 21.4 Å². The normalized spacial score (nSPS) is 18.0. The Labute approximate surface area is 167 Å². The predicted octanol–water partition coefficient (Wildman–Crippen LogP) is 2.75. The van der Waals surface area contributed by atoms with Gasteiger partial charge in [0.05, 0.1) is 10.8 Å². The number of carbonyl (C=O) groups is 1. The maximum Gasteiger partial charge on any atom is 0.240 e. The zero-order chi connectivity index (χ0) is 20.1. The second-order valence-electron chi connectivity index (χ2n) is 7.23. The van der Waals surface area contributed by atoms with Crippen LogP contribution in [-0.4, -0.2) is 39.4 Å². The summed E-state index contributed by atoms with van der Waals surface area (Å²) in [7, 11) is -2.18. The van der Waals surface area contributed by atoms with Crippen molar-refractivity contribution in [2.24, 2.45) is 5.92 Å². The average molecular weight is 402 g/mol. The topological polar surface area (TPSA) is 78.5 Å². The highest BCUT2D eigenvalue weighted by atomic mass is 32.2. The van der Waals surface area contributed by atoms with Gasteiger partial charge in [-0.3, -0.25) is 9.69 Å². The summed E-state index contributed by atoms with van der Waals surface area (Å²) >= 11 is 0. The van der Waals surface area contributed by atoms with Crippen LogP contribution < -0.4 is 10.0 Å². The molecular formula is C21H27N3O3S. The van der Waals surface area contributed by atoms with Gasteiger partial charge in [-0.1, -0.05) is 36.4 Å². The first kappa shape index (κ1) is 20.5. The molecule has 6 nitrogen and oxygen atoms in total. The van der Waals surface area contributed by atoms with E-state index in [-0.39, 0.29) is 16.7 Å². The Kier molecular flexibility index (Phi) is 6.49. The number of hydrogen-bond donors (Lipinski definition) is 2. The van der Waals surface area contributed by atoms with Crippen LogP contribution in [0.15, 0.2) is 53.4 Å². The van der Waals surface area contributed by atoms with E-state index < -0.39 is 10.0 Å². The zero-order valence-electron chi connectivity index (χ0n) is 16.3. The predicted molar refractivity (Wildman–Crippen MR) is 110 cm³/mol. The summed E-state index contributed by atoms with van der Waals surface area (Å²) in [6, 6.07) is 15.0. The molecule has 1 heterocycles. The summed E-state index contributed by atoms with van der Waals surface area (Å²) < 4.78 is 26.4. The van der Waals surface area contributed by atoms with Crippen molar-refractivity contribution in [1.29, 1.82) is 0 Å². The van der Waals surface area contributed by atoms with Crippen LogP contribution in [0.25, 0.3) is 0 Å². The van der Waals surface area contributed by atoms with Crippen molar-refractivity contribution in [1.82, 2.24) is 9.62 Å². The van der Waals surface area contributed by atoms with E-state index in [1.54, 1.807) is 12.1 Å². The lowest BCUT2D eigenvalue weighted by molar-refractivity contribution is -0.121. The number of piperidine rings is 1. The van der Waals surface area contributed by atoms with Gasteiger partial charge < -0.3 is 5.32 Å². The number of hydrogen-bond acceptors (Lipinski definition) is 4. The molecule has 2 aromatic carbocycles. The van der Waals surface area contributed by atoms with Gasteiger partial charge in [-0.25, -0.2) is 13.1 Å². The lowest BCUT2D eigenvalue weighted by Crippen LogP contribution is -2.40. The molecule has 2 aromatic rings. The average Bonchev–Trinajstić information content (AvgIpc) is 2.70. The fourth-order valence-corrected chi connectivity index (χ4v) is 4.27. The van der Waals surface area contributed by atoms with Crippen LogP contribution in [0.2, 0.25) is 0 Å². The summed E-state index contributed by atoms with van der Waals surface area (Å²) in [6.45, 7) is 4.37. The maximum absolute atomic E-state index is 12.8. The molecule has 2 N–H and O–H groups in total. The molecule has 0 aliphatic carbocycles. The van der Waals surface area contributed by atoms with E-state index in [2.05, 4.69) is 27.1 Å². The zero-order valence-corrected chi connectivity index (χ0v) is 17.1. The third kappa shape index (κ3) is 4.98. The first-order valence-corrected chi connectivity index (χ1v) is 11.0. The highest BCUT2D eigenvalue weighted by Crippen LogP contribution is 2.24. The van der Waals surface area contributed by atoms with Gasteiger partial charge in [0, 0.05) is 18.8 Å². The number of rotatable bonds is 6. The van der Waals surface area contributed by atoms with Gasteiger partial charge in [-0.15, -0.1) is 0 Å². The third-order valence-electron chi connectivity index (χ3n) is 5.17. The number of likely N-dealkylation sites (tertiary alicyclic amines) is 1. The molecule has 7 heteroatoms. The number of carbonyl (C=O) groups excluding carboxylic acids is 1. The molecule has 1 unspecified atom stereocenters. The van der Waals surface area contributed by atoms with Crippen molar-refractivity contribution in [3.63, 3.8) is 0 Å². The molecule has 1 saturated heterocycles. The lowest BCUT2D eigenvalue weighted by atomic mass is 9.96. The summed E-state index contributed by atoms with van der Waals surface area (Å²) in [5.74, 6) is -0.165. The van der Waals surface area contributed by atoms with Gasteiger partial charge in [0.1, 0.15) is 0 Å². The molecule has 1 aliphatic rings. The van der Waals surface area contributed by atoms with E-state index >= 15 is 0 Å². The Bertz CT molecular complexity index is 929. The fraction of sp³-hybridized carbons (Fsp3) is 0.381. The highest BCUT2D eigenvalue weighted by molar-refractivity contribution is 7.89. The van der Waals surface area contributed by atoms with E-state index in [1.807, 2.05) is 25.1 Å². The molecule has 1 atom stereocenters. The Balaban J connectivity index is 1.68. The van der Waals surface area contributed by atoms with Crippen LogP contribution in [0.3, 0.4) is 0 Å². The fourth-order valence-electron chi connectivity index (χ4n) is 3.51. The van der Waals surface area contributed by atoms with Crippen LogP contribution in [0.5, 0.6) is 0 Å². The maximum atomic E-state index is 12.8. The summed E-state index contributed by atoms with van der Waals surface area (Å²) in [6.07, 6.45) is 1.81. The molecule has 0 aromatic heterocycles. The molecule has 0 bridgehead atoms. The van der Waals surface area contributed by atoms with Gasteiger partial charge in [-0.05, 0) is 56.6 Å². The molecule has 1 amide bonds. The van der Waals surface area contributed by atoms with Crippen molar-refractivity contribution in [3.05, 3.63) is 59.7 Å². The van der Waals surface area contributed by atoms with Gasteiger partial charge in [0.25, 0.3) is 0 Å². The Morgan fingerprint density at radius 2 is 1.93 bits per heavy atom. The third-order valence-corrected chi connectivity index (χ3v) is 6.58. The van der Waals surface area contributed by atoms with E-state index in [0.29, 0.717) is 12.2 Å². The van der Waals surface area contributed by atoms with Gasteiger partial charge in [-0.2, -0.15) is 0 Å². The largest absolute Gasteiger partial charge is 0.326 e. The van der Waals surface area contributed by atoms with E-state index in [4.69, 9.17) is 0 Å². The number of nitrogens with one attached hydrogen (secondary N) is 2. The minimum atomic E-state index is -3.55. The summed E-state index contributed by atoms with van der Waals surface area (Å²) in [5.41, 5.74) is 2.62. The monoisotopic (exact) mass is 401 g/mol. The Morgan fingerprint density at radius 1 is 1.18 bits per heavy atom. The van der Waals surface area contributed by atoms with Crippen molar-refractivity contribution >= 4 is 21.6 Å². The molecule has 150 valence electrons. The number of benzene rings is 2. The SMILES string of the molecule is CNS(=O)(=O)c1ccc(C)c(NC(=O)C2CCCN(Cc3ccccc3)C2)c1. The molecule has 1 aliphatic heterocycles. The number of aryl methyl sites for hydroxylation is 1. The number of nitrogens with zero attached hydrogens (tertiary/aromatic N) is 1. The number of amides is 1. The highest BCUT2D eigenvalue weighted by Gasteiger charge is 2.26. The standard InChI is InChI=1S/C21H27N3O3S/c1-16-10-11-19(28(26,27)22-2)13-20(16)23-21(25)18-9-6-12-24(15-18)14-17-7-4-3-5-8-17/h3-5,7-8,10-11,13,18,22H,6,9,12,14-15H2,1-2H3,(H,23,25). The van der Waals surface area contributed by atoms with Crippen LogP contribution >= 0.6 is 0 Å². The molecule has 0 spiro atoms. The van der Waals surface area contributed by atoms with Gasteiger partial charge >= 0.3 is 0 Å². The second-order valence-corrected chi connectivity index (χ2v) is 9.12. The minimum Gasteiger partial charge on any atom is -0.326 e. The summed E-state index contributed by atoms with van der Waals surface area (Å²) in [5, 5.41) is 2.94. The van der Waals surface area contributed by atoms with Crippen molar-refractivity contribution in [3.8, 4) is 0 Å². The molecular weight excluding hydrogens is 374 g/mol. The molecule has 1 fully saturated rings. The van der Waals surface area contributed by atoms with Crippen molar-refractivity contribution < 1.29 is 13.2 Å². The van der Waals surface area contributed by atoms with E-state index in [1.165, 1.54) is 18.7 Å². The Morgan fingerprint density at radius 3 is 2.64 bits per heavy atom. The van der Waals surface area contributed by atoms with Crippen molar-refractivity contribution in [2.75, 3.05) is 25.5 Å². The van der Waals surface area contributed by atoms with Crippen LogP contribution in [0, 0.1) is 12.8 Å². The molecule has 0 radical (unpaired) electrons.